The first-order chi connectivity index (χ1) is 5.29. The van der Waals surface area contributed by atoms with Crippen LogP contribution in [0.4, 0.5) is 0 Å². The van der Waals surface area contributed by atoms with Gasteiger partial charge in [-0.1, -0.05) is 13.8 Å². The third kappa shape index (κ3) is 1.94. The van der Waals surface area contributed by atoms with Crippen molar-refractivity contribution in [1.82, 2.24) is 9.80 Å². The first-order valence-electron chi connectivity index (χ1n) is 4.73. The molecule has 0 spiro atoms. The lowest BCUT2D eigenvalue weighted by atomic mass is 10.2. The molecule has 0 amide bonds. The van der Waals surface area contributed by atoms with Crippen LogP contribution in [0.5, 0.6) is 0 Å². The van der Waals surface area contributed by atoms with Gasteiger partial charge in [0.25, 0.3) is 0 Å². The van der Waals surface area contributed by atoms with Crippen molar-refractivity contribution in [1.29, 1.82) is 0 Å². The molecule has 0 aromatic rings. The van der Waals surface area contributed by atoms with E-state index in [1.54, 1.807) is 0 Å². The van der Waals surface area contributed by atoms with E-state index in [1.807, 2.05) is 0 Å². The van der Waals surface area contributed by atoms with Crippen molar-refractivity contribution in [2.24, 2.45) is 0 Å². The van der Waals surface area contributed by atoms with Crippen LogP contribution in [0.15, 0.2) is 0 Å². The van der Waals surface area contributed by atoms with Gasteiger partial charge in [-0.2, -0.15) is 0 Å². The largest absolute Gasteiger partial charge is 0.291 e. The fraction of sp³-hybridized carbons (Fsp3) is 1.00. The standard InChI is InChI=1S/C9H20N2/c1-4-9-10(3)7-6-8-11(9)5-2/h9H,4-8H2,1-3H3. The minimum Gasteiger partial charge on any atom is -0.291 e. The lowest BCUT2D eigenvalue weighted by Gasteiger charge is -2.41. The molecule has 0 bridgehead atoms. The zero-order valence-electron chi connectivity index (χ0n) is 8.01. The maximum Gasteiger partial charge on any atom is 0.0617 e. The molecular weight excluding hydrogens is 136 g/mol. The molecule has 0 aromatic heterocycles. The molecule has 0 N–H and O–H groups in total. The average molecular weight is 156 g/mol. The summed E-state index contributed by atoms with van der Waals surface area (Å²) in [6.45, 7) is 8.29. The van der Waals surface area contributed by atoms with Gasteiger partial charge in [0.2, 0.25) is 0 Å². The van der Waals surface area contributed by atoms with E-state index in [0.29, 0.717) is 6.17 Å². The molecule has 1 aliphatic rings. The van der Waals surface area contributed by atoms with Crippen LogP contribution in [0.1, 0.15) is 26.7 Å². The lowest BCUT2D eigenvalue weighted by molar-refractivity contribution is 0.0237. The normalized spacial score (nSPS) is 29.2. The minimum atomic E-state index is 0.703. The van der Waals surface area contributed by atoms with E-state index in [9.17, 15) is 0 Å². The van der Waals surface area contributed by atoms with Crippen molar-refractivity contribution >= 4 is 0 Å². The summed E-state index contributed by atoms with van der Waals surface area (Å²) in [6.07, 6.45) is 3.29. The smallest absolute Gasteiger partial charge is 0.0617 e. The summed E-state index contributed by atoms with van der Waals surface area (Å²) in [5.41, 5.74) is 0. The molecule has 11 heavy (non-hydrogen) atoms. The number of hydrogen-bond donors (Lipinski definition) is 0. The predicted octanol–water partition coefficient (Wildman–Crippen LogP) is 1.38. The molecule has 1 atom stereocenters. The fourth-order valence-corrected chi connectivity index (χ4v) is 2.04. The molecule has 66 valence electrons. The van der Waals surface area contributed by atoms with Gasteiger partial charge in [-0.05, 0) is 26.4 Å². The number of hydrogen-bond acceptors (Lipinski definition) is 2. The highest BCUT2D eigenvalue weighted by Gasteiger charge is 2.22. The molecule has 0 aromatic carbocycles. The first kappa shape index (κ1) is 9.01. The van der Waals surface area contributed by atoms with Crippen molar-refractivity contribution in [2.45, 2.75) is 32.9 Å². The molecule has 0 radical (unpaired) electrons. The highest BCUT2D eigenvalue weighted by Crippen LogP contribution is 2.14. The van der Waals surface area contributed by atoms with E-state index >= 15 is 0 Å². The first-order valence-corrected chi connectivity index (χ1v) is 4.73. The molecule has 0 aliphatic carbocycles. The summed E-state index contributed by atoms with van der Waals surface area (Å²) in [5, 5.41) is 0. The van der Waals surface area contributed by atoms with Gasteiger partial charge in [-0.25, -0.2) is 0 Å². The molecule has 1 saturated heterocycles. The van der Waals surface area contributed by atoms with Crippen LogP contribution in [0.3, 0.4) is 0 Å². The molecule has 2 heteroatoms. The quantitative estimate of drug-likeness (QED) is 0.596. The van der Waals surface area contributed by atoms with Crippen LogP contribution >= 0.6 is 0 Å². The van der Waals surface area contributed by atoms with E-state index in [0.717, 1.165) is 0 Å². The molecule has 1 heterocycles. The van der Waals surface area contributed by atoms with Crippen LogP contribution in [0.25, 0.3) is 0 Å². The predicted molar refractivity (Wildman–Crippen MR) is 48.6 cm³/mol. The zero-order valence-corrected chi connectivity index (χ0v) is 8.01. The Balaban J connectivity index is 2.48. The van der Waals surface area contributed by atoms with Gasteiger partial charge in [-0.3, -0.25) is 9.80 Å². The SMILES string of the molecule is CCC1N(C)CCCN1CC. The third-order valence-electron chi connectivity index (χ3n) is 2.66. The second-order valence-electron chi connectivity index (χ2n) is 3.35. The Morgan fingerprint density at radius 2 is 2.00 bits per heavy atom. The van der Waals surface area contributed by atoms with Crippen LogP contribution in [0, 0.1) is 0 Å². The highest BCUT2D eigenvalue weighted by atomic mass is 15.4. The van der Waals surface area contributed by atoms with E-state index in [-0.39, 0.29) is 0 Å². The topological polar surface area (TPSA) is 6.48 Å². The molecule has 1 rings (SSSR count). The van der Waals surface area contributed by atoms with Gasteiger partial charge < -0.3 is 0 Å². The summed E-state index contributed by atoms with van der Waals surface area (Å²) < 4.78 is 0. The summed E-state index contributed by atoms with van der Waals surface area (Å²) >= 11 is 0. The minimum absolute atomic E-state index is 0.703. The Morgan fingerprint density at radius 1 is 1.27 bits per heavy atom. The van der Waals surface area contributed by atoms with E-state index in [2.05, 4.69) is 30.7 Å². The summed E-state index contributed by atoms with van der Waals surface area (Å²) in [6, 6.07) is 0. The van der Waals surface area contributed by atoms with E-state index in [1.165, 1.54) is 32.5 Å². The summed E-state index contributed by atoms with van der Waals surface area (Å²) in [4.78, 5) is 5.02. The van der Waals surface area contributed by atoms with Gasteiger partial charge in [-0.15, -0.1) is 0 Å². The van der Waals surface area contributed by atoms with Crippen molar-refractivity contribution in [2.75, 3.05) is 26.7 Å². The maximum atomic E-state index is 2.56. The Kier molecular flexibility index (Phi) is 3.34. The summed E-state index contributed by atoms with van der Waals surface area (Å²) in [7, 11) is 2.23. The van der Waals surface area contributed by atoms with Crippen molar-refractivity contribution in [3.8, 4) is 0 Å². The Bertz CT molecular complexity index is 114. The van der Waals surface area contributed by atoms with Gasteiger partial charge in [0.05, 0.1) is 6.17 Å². The fourth-order valence-electron chi connectivity index (χ4n) is 2.04. The molecular formula is C9H20N2. The maximum absolute atomic E-state index is 2.56. The van der Waals surface area contributed by atoms with Crippen LogP contribution in [-0.2, 0) is 0 Å². The Hall–Kier alpha value is -0.0800. The Labute approximate surface area is 70.2 Å². The Morgan fingerprint density at radius 3 is 2.45 bits per heavy atom. The van der Waals surface area contributed by atoms with Crippen LogP contribution < -0.4 is 0 Å². The monoisotopic (exact) mass is 156 g/mol. The van der Waals surface area contributed by atoms with Crippen LogP contribution in [0.2, 0.25) is 0 Å². The molecule has 1 fully saturated rings. The third-order valence-corrected chi connectivity index (χ3v) is 2.66. The van der Waals surface area contributed by atoms with Gasteiger partial charge in [0.15, 0.2) is 0 Å². The zero-order chi connectivity index (χ0) is 8.27. The van der Waals surface area contributed by atoms with Gasteiger partial charge >= 0.3 is 0 Å². The second kappa shape index (κ2) is 4.07. The highest BCUT2D eigenvalue weighted by molar-refractivity contribution is 4.74. The lowest BCUT2D eigenvalue weighted by Crippen LogP contribution is -2.51. The van der Waals surface area contributed by atoms with Gasteiger partial charge in [0.1, 0.15) is 0 Å². The molecule has 0 saturated carbocycles. The number of rotatable bonds is 2. The number of nitrogens with zero attached hydrogens (tertiary/aromatic N) is 2. The molecule has 1 aliphatic heterocycles. The summed E-state index contributed by atoms with van der Waals surface area (Å²) in [5.74, 6) is 0. The van der Waals surface area contributed by atoms with E-state index in [4.69, 9.17) is 0 Å². The average Bonchev–Trinajstić information content (AvgIpc) is 2.04. The molecule has 2 nitrogen and oxygen atoms in total. The van der Waals surface area contributed by atoms with Crippen molar-refractivity contribution in [3.05, 3.63) is 0 Å². The van der Waals surface area contributed by atoms with Crippen LogP contribution in [-0.4, -0.2) is 42.6 Å². The van der Waals surface area contributed by atoms with Crippen molar-refractivity contribution < 1.29 is 0 Å². The molecule has 1 unspecified atom stereocenters. The second-order valence-corrected chi connectivity index (χ2v) is 3.35. The van der Waals surface area contributed by atoms with Crippen molar-refractivity contribution in [3.63, 3.8) is 0 Å². The van der Waals surface area contributed by atoms with E-state index < -0.39 is 0 Å². The van der Waals surface area contributed by atoms with Gasteiger partial charge in [0, 0.05) is 13.1 Å².